The van der Waals surface area contributed by atoms with Crippen LogP contribution in [0.2, 0.25) is 0 Å². The van der Waals surface area contributed by atoms with Gasteiger partial charge in [-0.2, -0.15) is 0 Å². The number of aliphatic imine (C=N–C) groups is 1. The van der Waals surface area contributed by atoms with Crippen molar-refractivity contribution < 1.29 is 4.79 Å². The van der Waals surface area contributed by atoms with Gasteiger partial charge in [0.05, 0.1) is 10.7 Å². The first-order valence-corrected chi connectivity index (χ1v) is 7.44. The van der Waals surface area contributed by atoms with Crippen molar-refractivity contribution >= 4 is 34.9 Å². The molecule has 1 aromatic carbocycles. The third-order valence-electron chi connectivity index (χ3n) is 3.18. The molecule has 1 amide bonds. The van der Waals surface area contributed by atoms with Gasteiger partial charge in [0, 0.05) is 10.6 Å². The summed E-state index contributed by atoms with van der Waals surface area (Å²) in [6.45, 7) is 5.82. The Bertz CT molecular complexity index is 634. The van der Waals surface area contributed by atoms with Crippen LogP contribution in [0.25, 0.3) is 0 Å². The molecular formula is C15H18N4OS. The van der Waals surface area contributed by atoms with Crippen molar-refractivity contribution in [3.05, 3.63) is 34.9 Å². The Labute approximate surface area is 128 Å². The number of amidine groups is 1. The van der Waals surface area contributed by atoms with Crippen molar-refractivity contribution in [2.75, 3.05) is 5.32 Å². The molecule has 0 spiro atoms. The van der Waals surface area contributed by atoms with Crippen LogP contribution in [-0.2, 0) is 4.79 Å². The van der Waals surface area contributed by atoms with E-state index < -0.39 is 5.91 Å². The summed E-state index contributed by atoms with van der Waals surface area (Å²) in [6.07, 6.45) is 0. The molecule has 21 heavy (non-hydrogen) atoms. The quantitative estimate of drug-likeness (QED) is 0.455. The molecule has 0 saturated carbocycles. The molecule has 0 saturated heterocycles. The third-order valence-corrected chi connectivity index (χ3v) is 4.27. The standard InChI is InChI=1S/C15H18N4OS/c1-8(2)9(3)18-13(16)12(14(17)20)15-19-10-6-4-5-7-11(10)21-15/h4-8,16,19H,1-3H3,(H2,17,20)/b15-12+,16-13?,18-9?. The zero-order valence-corrected chi connectivity index (χ0v) is 13.0. The topological polar surface area (TPSA) is 91.3 Å². The Morgan fingerprint density at radius 3 is 2.62 bits per heavy atom. The van der Waals surface area contributed by atoms with E-state index in [1.165, 1.54) is 11.8 Å². The molecule has 1 aliphatic heterocycles. The van der Waals surface area contributed by atoms with Crippen LogP contribution >= 0.6 is 11.8 Å². The monoisotopic (exact) mass is 302 g/mol. The minimum absolute atomic E-state index is 0.100. The summed E-state index contributed by atoms with van der Waals surface area (Å²) in [6, 6.07) is 7.70. The molecule has 0 aliphatic carbocycles. The van der Waals surface area contributed by atoms with Gasteiger partial charge in [0.25, 0.3) is 5.91 Å². The number of nitrogens with zero attached hydrogens (tertiary/aromatic N) is 1. The van der Waals surface area contributed by atoms with Gasteiger partial charge < -0.3 is 11.1 Å². The van der Waals surface area contributed by atoms with Crippen molar-refractivity contribution in [1.29, 1.82) is 5.41 Å². The molecule has 110 valence electrons. The number of hydrogen-bond donors (Lipinski definition) is 3. The Kier molecular flexibility index (Phi) is 4.47. The summed E-state index contributed by atoms with van der Waals surface area (Å²) in [5, 5.41) is 11.8. The number of thioether (sulfide) groups is 1. The number of amides is 1. The number of para-hydroxylation sites is 1. The van der Waals surface area contributed by atoms with Crippen molar-refractivity contribution in [3.63, 3.8) is 0 Å². The lowest BCUT2D eigenvalue weighted by molar-refractivity contribution is -0.114. The van der Waals surface area contributed by atoms with Gasteiger partial charge >= 0.3 is 0 Å². The lowest BCUT2D eigenvalue weighted by atomic mass is 10.1. The minimum atomic E-state index is -0.650. The molecule has 0 radical (unpaired) electrons. The first-order valence-electron chi connectivity index (χ1n) is 6.62. The number of anilines is 1. The molecule has 1 aliphatic rings. The number of primary amides is 1. The van der Waals surface area contributed by atoms with Crippen molar-refractivity contribution in [1.82, 2.24) is 0 Å². The fourth-order valence-corrected chi connectivity index (χ4v) is 2.78. The van der Waals surface area contributed by atoms with Crippen LogP contribution < -0.4 is 11.1 Å². The van der Waals surface area contributed by atoms with E-state index in [0.717, 1.165) is 16.3 Å². The molecule has 0 aromatic heterocycles. The second-order valence-corrected chi connectivity index (χ2v) is 6.10. The van der Waals surface area contributed by atoms with Gasteiger partial charge in [0.1, 0.15) is 5.57 Å². The first kappa shape index (κ1) is 15.3. The second kappa shape index (κ2) is 6.13. The average Bonchev–Trinajstić information content (AvgIpc) is 2.80. The fraction of sp³-hybridized carbons (Fsp3) is 0.267. The zero-order valence-electron chi connectivity index (χ0n) is 12.2. The highest BCUT2D eigenvalue weighted by Crippen LogP contribution is 2.42. The Balaban J connectivity index is 2.38. The minimum Gasteiger partial charge on any atom is -0.365 e. The molecule has 0 unspecified atom stereocenters. The van der Waals surface area contributed by atoms with Crippen molar-refractivity contribution in [3.8, 4) is 0 Å². The molecule has 0 atom stereocenters. The first-order chi connectivity index (χ1) is 9.90. The van der Waals surface area contributed by atoms with E-state index in [1.54, 1.807) is 0 Å². The largest absolute Gasteiger partial charge is 0.365 e. The number of fused-ring (bicyclic) bond motifs is 1. The number of rotatable bonds is 3. The Hall–Kier alpha value is -2.08. The maximum absolute atomic E-state index is 11.7. The highest BCUT2D eigenvalue weighted by atomic mass is 32.2. The molecule has 0 bridgehead atoms. The van der Waals surface area contributed by atoms with Gasteiger partial charge in [-0.25, -0.2) is 4.99 Å². The summed E-state index contributed by atoms with van der Waals surface area (Å²) in [7, 11) is 0. The van der Waals surface area contributed by atoms with E-state index in [0.29, 0.717) is 5.03 Å². The molecule has 6 heteroatoms. The highest BCUT2D eigenvalue weighted by Gasteiger charge is 2.24. The SMILES string of the molecule is CC(=NC(=N)/C(C(N)=O)=C1/Nc2ccccc2S1)C(C)C. The number of hydrogen-bond acceptors (Lipinski definition) is 4. The zero-order chi connectivity index (χ0) is 15.6. The van der Waals surface area contributed by atoms with E-state index in [9.17, 15) is 4.79 Å². The normalized spacial score (nSPS) is 16.5. The van der Waals surface area contributed by atoms with Crippen molar-refractivity contribution in [2.45, 2.75) is 25.7 Å². The summed E-state index contributed by atoms with van der Waals surface area (Å²) in [5.41, 5.74) is 7.27. The third kappa shape index (κ3) is 3.33. The molecular weight excluding hydrogens is 284 g/mol. The van der Waals surface area contributed by atoms with Crippen LogP contribution in [-0.4, -0.2) is 17.5 Å². The summed E-state index contributed by atoms with van der Waals surface area (Å²) in [5.74, 6) is -0.537. The molecule has 2 rings (SSSR count). The number of carbonyl (C=O) groups is 1. The fourth-order valence-electron chi connectivity index (χ4n) is 1.73. The Morgan fingerprint density at radius 2 is 2.05 bits per heavy atom. The van der Waals surface area contributed by atoms with Crippen LogP contribution in [0.3, 0.4) is 0 Å². The van der Waals surface area contributed by atoms with E-state index in [-0.39, 0.29) is 17.3 Å². The molecule has 4 N–H and O–H groups in total. The predicted octanol–water partition coefficient (Wildman–Crippen LogP) is 3.00. The molecule has 0 fully saturated rings. The maximum Gasteiger partial charge on any atom is 0.255 e. The van der Waals surface area contributed by atoms with Crippen molar-refractivity contribution in [2.24, 2.45) is 16.6 Å². The van der Waals surface area contributed by atoms with Crippen LogP contribution in [0.15, 0.2) is 44.8 Å². The predicted molar refractivity (Wildman–Crippen MR) is 87.8 cm³/mol. The molecule has 5 nitrogen and oxygen atoms in total. The van der Waals surface area contributed by atoms with Gasteiger partial charge in [-0.3, -0.25) is 10.2 Å². The summed E-state index contributed by atoms with van der Waals surface area (Å²) < 4.78 is 0. The maximum atomic E-state index is 11.7. The van der Waals surface area contributed by atoms with Gasteiger partial charge in [-0.05, 0) is 25.0 Å². The van der Waals surface area contributed by atoms with E-state index >= 15 is 0 Å². The summed E-state index contributed by atoms with van der Waals surface area (Å²) in [4.78, 5) is 16.9. The average molecular weight is 302 g/mol. The highest BCUT2D eigenvalue weighted by molar-refractivity contribution is 8.03. The van der Waals surface area contributed by atoms with Gasteiger partial charge in [0.15, 0.2) is 5.84 Å². The molecule has 1 aromatic rings. The number of benzene rings is 1. The second-order valence-electron chi connectivity index (χ2n) is 5.05. The molecule has 1 heterocycles. The number of nitrogens with one attached hydrogen (secondary N) is 2. The lowest BCUT2D eigenvalue weighted by Gasteiger charge is -2.09. The van der Waals surface area contributed by atoms with Gasteiger partial charge in [0.2, 0.25) is 0 Å². The number of nitrogens with two attached hydrogens (primary N) is 1. The van der Waals surface area contributed by atoms with E-state index in [2.05, 4.69) is 10.3 Å². The van der Waals surface area contributed by atoms with Crippen LogP contribution in [0, 0.1) is 11.3 Å². The van der Waals surface area contributed by atoms with Gasteiger partial charge in [-0.1, -0.05) is 37.7 Å². The number of carbonyl (C=O) groups excluding carboxylic acids is 1. The van der Waals surface area contributed by atoms with Crippen LogP contribution in [0.5, 0.6) is 0 Å². The van der Waals surface area contributed by atoms with E-state index in [1.807, 2.05) is 45.0 Å². The smallest absolute Gasteiger partial charge is 0.255 e. The van der Waals surface area contributed by atoms with Crippen LogP contribution in [0.4, 0.5) is 5.69 Å². The van der Waals surface area contributed by atoms with E-state index in [4.69, 9.17) is 11.1 Å². The Morgan fingerprint density at radius 1 is 1.38 bits per heavy atom. The lowest BCUT2D eigenvalue weighted by Crippen LogP contribution is -2.23. The van der Waals surface area contributed by atoms with Crippen LogP contribution in [0.1, 0.15) is 20.8 Å². The summed E-state index contributed by atoms with van der Waals surface area (Å²) >= 11 is 1.39. The van der Waals surface area contributed by atoms with Gasteiger partial charge in [-0.15, -0.1) is 0 Å².